The molecule has 0 aromatic heterocycles. The third-order valence-electron chi connectivity index (χ3n) is 1.84. The molecule has 0 fully saturated rings. The number of carbonyl (C=O) groups excluding carboxylic acids is 1. The van der Waals surface area contributed by atoms with Crippen molar-refractivity contribution in [2.24, 2.45) is 11.7 Å². The minimum Gasteiger partial charge on any atom is -0.366 e. The van der Waals surface area contributed by atoms with E-state index in [4.69, 9.17) is 5.73 Å². The summed E-state index contributed by atoms with van der Waals surface area (Å²) in [6, 6.07) is 0. The molecule has 1 aliphatic carbocycles. The van der Waals surface area contributed by atoms with E-state index in [-0.39, 0.29) is 17.9 Å². The molecule has 2 nitrogen and oxygen atoms in total. The van der Waals surface area contributed by atoms with Gasteiger partial charge in [0.25, 0.3) is 0 Å². The lowest BCUT2D eigenvalue weighted by molar-refractivity contribution is -0.115. The van der Waals surface area contributed by atoms with Gasteiger partial charge in [0.2, 0.25) is 5.91 Å². The summed E-state index contributed by atoms with van der Waals surface area (Å²) in [4.78, 5) is 10.7. The predicted octanol–water partition coefficient (Wildman–Crippen LogP) is 1.59. The van der Waals surface area contributed by atoms with Gasteiger partial charge >= 0.3 is 0 Å². The molecule has 4 heteroatoms. The van der Waals surface area contributed by atoms with Crippen LogP contribution in [-0.4, -0.2) is 5.91 Å². The van der Waals surface area contributed by atoms with E-state index in [2.05, 4.69) is 0 Å². The third-order valence-corrected chi connectivity index (χ3v) is 1.84. The second kappa shape index (κ2) is 3.05. The van der Waals surface area contributed by atoms with Crippen molar-refractivity contribution in [1.29, 1.82) is 0 Å². The van der Waals surface area contributed by atoms with Crippen molar-refractivity contribution in [3.05, 3.63) is 23.3 Å². The highest BCUT2D eigenvalue weighted by molar-refractivity contribution is 5.93. The largest absolute Gasteiger partial charge is 0.366 e. The van der Waals surface area contributed by atoms with Gasteiger partial charge in [-0.25, -0.2) is 8.78 Å². The average molecular weight is 173 g/mol. The maximum Gasteiger partial charge on any atom is 0.245 e. The van der Waals surface area contributed by atoms with Crippen LogP contribution in [0.2, 0.25) is 0 Å². The predicted molar refractivity (Wildman–Crippen MR) is 40.3 cm³/mol. The number of primary amides is 1. The van der Waals surface area contributed by atoms with Crippen LogP contribution in [0, 0.1) is 5.92 Å². The quantitative estimate of drug-likeness (QED) is 0.642. The molecule has 0 bridgehead atoms. The molecule has 1 amide bonds. The number of rotatable bonds is 1. The van der Waals surface area contributed by atoms with Gasteiger partial charge in [-0.1, -0.05) is 6.92 Å². The monoisotopic (exact) mass is 173 g/mol. The third kappa shape index (κ3) is 1.52. The van der Waals surface area contributed by atoms with Crippen molar-refractivity contribution in [1.82, 2.24) is 0 Å². The maximum absolute atomic E-state index is 12.6. The van der Waals surface area contributed by atoms with Gasteiger partial charge in [-0.2, -0.15) is 0 Å². The molecule has 0 spiro atoms. The van der Waals surface area contributed by atoms with Gasteiger partial charge in [0.05, 0.1) is 0 Å². The molecular weight excluding hydrogens is 164 g/mol. The Morgan fingerprint density at radius 1 is 1.67 bits per heavy atom. The summed E-state index contributed by atoms with van der Waals surface area (Å²) in [5.74, 6) is -2.82. The lowest BCUT2D eigenvalue weighted by Crippen LogP contribution is -2.21. The van der Waals surface area contributed by atoms with E-state index in [1.807, 2.05) is 0 Å². The van der Waals surface area contributed by atoms with Crippen LogP contribution in [0.15, 0.2) is 23.3 Å². The summed E-state index contributed by atoms with van der Waals surface area (Å²) < 4.78 is 25.2. The number of nitrogens with two attached hydrogens (primary N) is 1. The van der Waals surface area contributed by atoms with Crippen molar-refractivity contribution in [3.63, 3.8) is 0 Å². The van der Waals surface area contributed by atoms with Gasteiger partial charge in [0, 0.05) is 12.0 Å². The molecule has 0 aromatic rings. The zero-order valence-corrected chi connectivity index (χ0v) is 6.60. The van der Waals surface area contributed by atoms with E-state index in [9.17, 15) is 13.6 Å². The number of hydrogen-bond acceptors (Lipinski definition) is 1. The zero-order chi connectivity index (χ0) is 9.30. The van der Waals surface area contributed by atoms with E-state index < -0.39 is 17.6 Å². The Morgan fingerprint density at radius 2 is 2.25 bits per heavy atom. The van der Waals surface area contributed by atoms with E-state index in [0.717, 1.165) is 6.08 Å². The standard InChI is InChI=1S/C8H9F2NO/c1-4-2-6(9)7(10)3-5(4)8(11)12/h3-4H,2H2,1H3,(H2,11,12). The summed E-state index contributed by atoms with van der Waals surface area (Å²) in [6.45, 7) is 1.63. The Morgan fingerprint density at radius 3 is 2.75 bits per heavy atom. The van der Waals surface area contributed by atoms with Crippen molar-refractivity contribution in [2.45, 2.75) is 13.3 Å². The molecule has 0 heterocycles. The van der Waals surface area contributed by atoms with Crippen molar-refractivity contribution >= 4 is 5.91 Å². The number of allylic oxidation sites excluding steroid dienone is 3. The number of amides is 1. The summed E-state index contributed by atoms with van der Waals surface area (Å²) in [5, 5.41) is 0. The lowest BCUT2D eigenvalue weighted by atomic mass is 9.92. The van der Waals surface area contributed by atoms with E-state index in [0.29, 0.717) is 0 Å². The molecule has 1 aliphatic rings. The molecule has 0 aliphatic heterocycles. The minimum atomic E-state index is -0.984. The van der Waals surface area contributed by atoms with Gasteiger partial charge in [-0.3, -0.25) is 4.79 Å². The maximum atomic E-state index is 12.6. The van der Waals surface area contributed by atoms with Crippen molar-refractivity contribution in [2.75, 3.05) is 0 Å². The average Bonchev–Trinajstić information content (AvgIpc) is 1.96. The number of halogens is 2. The normalized spacial score (nSPS) is 23.9. The van der Waals surface area contributed by atoms with Crippen molar-refractivity contribution in [3.8, 4) is 0 Å². The lowest BCUT2D eigenvalue weighted by Gasteiger charge is -2.16. The molecule has 12 heavy (non-hydrogen) atoms. The molecule has 0 saturated carbocycles. The van der Waals surface area contributed by atoms with Crippen LogP contribution in [0.25, 0.3) is 0 Å². The highest BCUT2D eigenvalue weighted by Crippen LogP contribution is 2.29. The van der Waals surface area contributed by atoms with Gasteiger partial charge in [-0.05, 0) is 12.0 Å². The zero-order valence-electron chi connectivity index (χ0n) is 6.60. The van der Waals surface area contributed by atoms with E-state index in [1.165, 1.54) is 0 Å². The van der Waals surface area contributed by atoms with Crippen LogP contribution in [-0.2, 0) is 4.79 Å². The first-order valence-electron chi connectivity index (χ1n) is 3.58. The molecule has 2 N–H and O–H groups in total. The van der Waals surface area contributed by atoms with Crippen LogP contribution < -0.4 is 5.73 Å². The highest BCUT2D eigenvalue weighted by Gasteiger charge is 2.23. The molecule has 66 valence electrons. The summed E-state index contributed by atoms with van der Waals surface area (Å²) in [6.07, 6.45) is 0.784. The Bertz CT molecular complexity index is 281. The van der Waals surface area contributed by atoms with Crippen LogP contribution in [0.5, 0.6) is 0 Å². The van der Waals surface area contributed by atoms with Gasteiger partial charge in [-0.15, -0.1) is 0 Å². The van der Waals surface area contributed by atoms with Crippen LogP contribution >= 0.6 is 0 Å². The van der Waals surface area contributed by atoms with Gasteiger partial charge in [0.1, 0.15) is 5.83 Å². The SMILES string of the molecule is CC1CC(F)=C(F)C=C1C(N)=O. The fourth-order valence-electron chi connectivity index (χ4n) is 1.15. The Hall–Kier alpha value is -1.19. The van der Waals surface area contributed by atoms with Gasteiger partial charge < -0.3 is 5.73 Å². The Kier molecular flexibility index (Phi) is 2.26. The second-order valence-corrected chi connectivity index (χ2v) is 2.82. The smallest absolute Gasteiger partial charge is 0.245 e. The molecule has 1 atom stereocenters. The van der Waals surface area contributed by atoms with Crippen LogP contribution in [0.3, 0.4) is 0 Å². The molecule has 1 rings (SSSR count). The first kappa shape index (κ1) is 8.90. The summed E-state index contributed by atoms with van der Waals surface area (Å²) in [5.41, 5.74) is 5.09. The summed E-state index contributed by atoms with van der Waals surface area (Å²) >= 11 is 0. The van der Waals surface area contributed by atoms with Crippen molar-refractivity contribution < 1.29 is 13.6 Å². The fraction of sp³-hybridized carbons (Fsp3) is 0.375. The number of hydrogen-bond donors (Lipinski definition) is 1. The molecule has 0 radical (unpaired) electrons. The first-order valence-corrected chi connectivity index (χ1v) is 3.58. The van der Waals surface area contributed by atoms with Crippen LogP contribution in [0.4, 0.5) is 8.78 Å². The highest BCUT2D eigenvalue weighted by atomic mass is 19.2. The molecule has 0 aromatic carbocycles. The summed E-state index contributed by atoms with van der Waals surface area (Å²) in [7, 11) is 0. The molecule has 0 saturated heterocycles. The Balaban J connectivity index is 3.01. The fourth-order valence-corrected chi connectivity index (χ4v) is 1.15. The van der Waals surface area contributed by atoms with Crippen LogP contribution in [0.1, 0.15) is 13.3 Å². The molecule has 1 unspecified atom stereocenters. The topological polar surface area (TPSA) is 43.1 Å². The van der Waals surface area contributed by atoms with Gasteiger partial charge in [0.15, 0.2) is 5.83 Å². The first-order chi connectivity index (χ1) is 5.52. The van der Waals surface area contributed by atoms with E-state index >= 15 is 0 Å². The minimum absolute atomic E-state index is 0.0827. The second-order valence-electron chi connectivity index (χ2n) is 2.82. The van der Waals surface area contributed by atoms with E-state index in [1.54, 1.807) is 6.92 Å². The number of carbonyl (C=O) groups is 1. The molecular formula is C8H9F2NO. The Labute approximate surface area is 68.7 Å².